The van der Waals surface area contributed by atoms with Crippen LogP contribution in [0.25, 0.3) is 0 Å². The zero-order valence-electron chi connectivity index (χ0n) is 13.4. The van der Waals surface area contributed by atoms with E-state index in [0.717, 1.165) is 10.6 Å². The highest BCUT2D eigenvalue weighted by Gasteiger charge is 2.26. The Balaban J connectivity index is 1.56. The summed E-state index contributed by atoms with van der Waals surface area (Å²) in [7, 11) is 0. The van der Waals surface area contributed by atoms with E-state index < -0.39 is 0 Å². The molecule has 0 saturated carbocycles. The lowest BCUT2D eigenvalue weighted by molar-refractivity contribution is 0.0640. The first-order valence-electron chi connectivity index (χ1n) is 7.71. The third kappa shape index (κ3) is 3.56. The number of thioether (sulfide) groups is 1. The fraction of sp³-hybridized carbons (Fsp3) is 0.294. The Kier molecular flexibility index (Phi) is 5.10. The number of para-hydroxylation sites is 1. The second-order valence-electron chi connectivity index (χ2n) is 5.39. The summed E-state index contributed by atoms with van der Waals surface area (Å²) in [5.41, 5.74) is 0.809. The fourth-order valence-electron chi connectivity index (χ4n) is 2.61. The first-order chi connectivity index (χ1) is 11.7. The van der Waals surface area contributed by atoms with Gasteiger partial charge in [0.15, 0.2) is 5.76 Å². The molecule has 7 heteroatoms. The van der Waals surface area contributed by atoms with Gasteiger partial charge in [0.05, 0.1) is 12.0 Å². The highest BCUT2D eigenvalue weighted by molar-refractivity contribution is 7.98. The molecule has 1 N–H and O–H groups in total. The number of carbonyl (C=O) groups excluding carboxylic acids is 2. The molecule has 1 aromatic heterocycles. The van der Waals surface area contributed by atoms with Gasteiger partial charge in [-0.1, -0.05) is 12.1 Å². The molecule has 126 valence electrons. The monoisotopic (exact) mass is 345 g/mol. The number of amides is 3. The molecule has 0 spiro atoms. The normalized spacial score (nSPS) is 14.5. The van der Waals surface area contributed by atoms with Gasteiger partial charge < -0.3 is 19.5 Å². The maximum atomic E-state index is 12.4. The molecule has 3 rings (SSSR count). The van der Waals surface area contributed by atoms with Gasteiger partial charge in [-0.05, 0) is 30.5 Å². The van der Waals surface area contributed by atoms with Crippen molar-refractivity contribution in [2.24, 2.45) is 0 Å². The van der Waals surface area contributed by atoms with Gasteiger partial charge >= 0.3 is 6.03 Å². The molecular formula is C17H19N3O3S. The van der Waals surface area contributed by atoms with Crippen LogP contribution in [0.5, 0.6) is 0 Å². The van der Waals surface area contributed by atoms with Crippen molar-refractivity contribution in [3.05, 3.63) is 48.4 Å². The predicted molar refractivity (Wildman–Crippen MR) is 93.4 cm³/mol. The van der Waals surface area contributed by atoms with Gasteiger partial charge in [-0.3, -0.25) is 4.79 Å². The van der Waals surface area contributed by atoms with Crippen LogP contribution in [-0.4, -0.2) is 54.2 Å². The Bertz CT molecular complexity index is 710. The topological polar surface area (TPSA) is 65.8 Å². The van der Waals surface area contributed by atoms with Crippen LogP contribution in [0.15, 0.2) is 52.0 Å². The van der Waals surface area contributed by atoms with Crippen LogP contribution >= 0.6 is 11.8 Å². The average molecular weight is 345 g/mol. The maximum Gasteiger partial charge on any atom is 0.321 e. The van der Waals surface area contributed by atoms with Crippen LogP contribution in [0.1, 0.15) is 10.6 Å². The van der Waals surface area contributed by atoms with Gasteiger partial charge in [-0.2, -0.15) is 0 Å². The van der Waals surface area contributed by atoms with Crippen LogP contribution in [0.3, 0.4) is 0 Å². The first kappa shape index (κ1) is 16.4. The van der Waals surface area contributed by atoms with E-state index >= 15 is 0 Å². The predicted octanol–water partition coefficient (Wildman–Crippen LogP) is 2.99. The zero-order chi connectivity index (χ0) is 16.9. The average Bonchev–Trinajstić information content (AvgIpc) is 3.16. The smallest absolute Gasteiger partial charge is 0.321 e. The fourth-order valence-corrected chi connectivity index (χ4v) is 3.16. The van der Waals surface area contributed by atoms with E-state index in [-0.39, 0.29) is 11.9 Å². The van der Waals surface area contributed by atoms with Crippen LogP contribution in [0.4, 0.5) is 10.5 Å². The molecule has 0 aliphatic carbocycles. The lowest BCUT2D eigenvalue weighted by Gasteiger charge is -2.34. The summed E-state index contributed by atoms with van der Waals surface area (Å²) >= 11 is 1.59. The molecule has 1 fully saturated rings. The minimum atomic E-state index is -0.137. The molecule has 0 unspecified atom stereocenters. The summed E-state index contributed by atoms with van der Waals surface area (Å²) < 4.78 is 5.14. The molecule has 1 saturated heterocycles. The van der Waals surface area contributed by atoms with E-state index in [9.17, 15) is 9.59 Å². The number of carbonyl (C=O) groups is 2. The van der Waals surface area contributed by atoms with Gasteiger partial charge in [0.2, 0.25) is 0 Å². The van der Waals surface area contributed by atoms with Crippen molar-refractivity contribution in [3.8, 4) is 0 Å². The summed E-state index contributed by atoms with van der Waals surface area (Å²) in [6, 6.07) is 10.9. The molecule has 2 heterocycles. The Hall–Kier alpha value is -2.41. The summed E-state index contributed by atoms with van der Waals surface area (Å²) in [6.07, 6.45) is 3.46. The van der Waals surface area contributed by atoms with Crippen molar-refractivity contribution in [2.75, 3.05) is 37.8 Å². The van der Waals surface area contributed by atoms with Crippen molar-refractivity contribution in [2.45, 2.75) is 4.90 Å². The number of anilines is 1. The lowest BCUT2D eigenvalue weighted by atomic mass is 10.3. The second kappa shape index (κ2) is 7.44. The molecule has 6 nitrogen and oxygen atoms in total. The van der Waals surface area contributed by atoms with Crippen molar-refractivity contribution < 1.29 is 14.0 Å². The number of nitrogens with zero attached hydrogens (tertiary/aromatic N) is 2. The van der Waals surface area contributed by atoms with E-state index in [1.807, 2.05) is 30.5 Å². The summed E-state index contributed by atoms with van der Waals surface area (Å²) in [5.74, 6) is 0.203. The molecular weight excluding hydrogens is 326 g/mol. The molecule has 1 aromatic carbocycles. The Labute approximate surface area is 144 Å². The van der Waals surface area contributed by atoms with E-state index in [1.165, 1.54) is 6.26 Å². The van der Waals surface area contributed by atoms with Gasteiger partial charge in [0.1, 0.15) is 0 Å². The maximum absolute atomic E-state index is 12.4. The van der Waals surface area contributed by atoms with Crippen molar-refractivity contribution in [1.29, 1.82) is 0 Å². The Morgan fingerprint density at radius 1 is 1.04 bits per heavy atom. The van der Waals surface area contributed by atoms with E-state index in [0.29, 0.717) is 31.9 Å². The van der Waals surface area contributed by atoms with E-state index in [2.05, 4.69) is 5.32 Å². The van der Waals surface area contributed by atoms with E-state index in [1.54, 1.807) is 33.7 Å². The number of nitrogens with one attached hydrogen (secondary N) is 1. The van der Waals surface area contributed by atoms with Crippen LogP contribution in [0, 0.1) is 0 Å². The van der Waals surface area contributed by atoms with Crippen molar-refractivity contribution in [1.82, 2.24) is 9.80 Å². The third-order valence-electron chi connectivity index (χ3n) is 3.93. The quantitative estimate of drug-likeness (QED) is 0.869. The number of hydrogen-bond acceptors (Lipinski definition) is 4. The summed E-state index contributed by atoms with van der Waals surface area (Å²) in [4.78, 5) is 29.1. The van der Waals surface area contributed by atoms with Crippen LogP contribution in [-0.2, 0) is 0 Å². The van der Waals surface area contributed by atoms with Gasteiger partial charge in [0, 0.05) is 31.1 Å². The molecule has 24 heavy (non-hydrogen) atoms. The summed E-state index contributed by atoms with van der Waals surface area (Å²) in [5, 5.41) is 2.95. The van der Waals surface area contributed by atoms with Crippen molar-refractivity contribution >= 4 is 29.4 Å². The molecule has 0 bridgehead atoms. The Morgan fingerprint density at radius 2 is 1.75 bits per heavy atom. The molecule has 0 radical (unpaired) electrons. The van der Waals surface area contributed by atoms with Crippen LogP contribution in [0.2, 0.25) is 0 Å². The first-order valence-corrected chi connectivity index (χ1v) is 8.93. The van der Waals surface area contributed by atoms with Gasteiger partial charge in [-0.15, -0.1) is 11.8 Å². The standard InChI is InChI=1S/C17H19N3O3S/c1-24-15-7-3-2-5-13(15)18-17(22)20-10-8-19(9-11-20)16(21)14-6-4-12-23-14/h2-7,12H,8-11H2,1H3,(H,18,22). The number of hydrogen-bond donors (Lipinski definition) is 1. The molecule has 2 aromatic rings. The highest BCUT2D eigenvalue weighted by atomic mass is 32.2. The molecule has 1 aliphatic heterocycles. The van der Waals surface area contributed by atoms with Crippen LogP contribution < -0.4 is 5.32 Å². The summed E-state index contributed by atoms with van der Waals surface area (Å²) in [6.45, 7) is 1.99. The number of urea groups is 1. The number of benzene rings is 1. The highest BCUT2D eigenvalue weighted by Crippen LogP contribution is 2.25. The zero-order valence-corrected chi connectivity index (χ0v) is 14.2. The van der Waals surface area contributed by atoms with Crippen molar-refractivity contribution in [3.63, 3.8) is 0 Å². The van der Waals surface area contributed by atoms with Gasteiger partial charge in [0.25, 0.3) is 5.91 Å². The number of piperazine rings is 1. The largest absolute Gasteiger partial charge is 0.459 e. The number of rotatable bonds is 3. The Morgan fingerprint density at radius 3 is 2.42 bits per heavy atom. The minimum absolute atomic E-state index is 0.132. The SMILES string of the molecule is CSc1ccccc1NC(=O)N1CCN(C(=O)c2ccco2)CC1. The third-order valence-corrected chi connectivity index (χ3v) is 4.73. The second-order valence-corrected chi connectivity index (χ2v) is 6.24. The molecule has 1 aliphatic rings. The van der Waals surface area contributed by atoms with Gasteiger partial charge in [-0.25, -0.2) is 4.79 Å². The molecule has 0 atom stereocenters. The van der Waals surface area contributed by atoms with E-state index in [4.69, 9.17) is 4.42 Å². The molecule has 3 amide bonds. The minimum Gasteiger partial charge on any atom is -0.459 e. The number of furan rings is 1. The lowest BCUT2D eigenvalue weighted by Crippen LogP contribution is -2.51.